The molecular weight excluding hydrogens is 378 g/mol. The Labute approximate surface area is 173 Å². The molecule has 0 unspecified atom stereocenters. The van der Waals surface area contributed by atoms with Gasteiger partial charge in [-0.05, 0) is 16.7 Å². The summed E-state index contributed by atoms with van der Waals surface area (Å²) in [5.74, 6) is 0.0114. The standard InChI is InChI=1S/C23H19N5O2/c24-11-17-13-27-28(15-17)22-10-21(29)20(14-25-22)23(30)26-12-16-6-8-19(9-7-16)18-4-2-1-3-5-18/h1-10,13,15,25,29H,12,14H2,(H,26,30). The van der Waals surface area contributed by atoms with Crippen LogP contribution in [-0.4, -0.2) is 27.3 Å². The molecular formula is C23H19N5O2. The number of carbonyl (C=O) groups excluding carboxylic acids is 1. The maximum atomic E-state index is 12.5. The van der Waals surface area contributed by atoms with Crippen molar-refractivity contribution in [3.63, 3.8) is 0 Å². The summed E-state index contributed by atoms with van der Waals surface area (Å²) in [7, 11) is 0. The Kier molecular flexibility index (Phi) is 5.31. The Morgan fingerprint density at radius 1 is 1.17 bits per heavy atom. The summed E-state index contributed by atoms with van der Waals surface area (Å²) in [6, 6.07) is 20.0. The van der Waals surface area contributed by atoms with E-state index in [2.05, 4.69) is 15.7 Å². The highest BCUT2D eigenvalue weighted by Crippen LogP contribution is 2.19. The highest BCUT2D eigenvalue weighted by Gasteiger charge is 2.20. The average Bonchev–Trinajstić information content (AvgIpc) is 3.28. The van der Waals surface area contributed by atoms with Crippen molar-refractivity contribution in [2.75, 3.05) is 6.54 Å². The number of carbonyl (C=O) groups is 1. The smallest absolute Gasteiger partial charge is 0.253 e. The zero-order chi connectivity index (χ0) is 20.9. The summed E-state index contributed by atoms with van der Waals surface area (Å²) in [5, 5.41) is 29.1. The quantitative estimate of drug-likeness (QED) is 0.614. The van der Waals surface area contributed by atoms with Crippen LogP contribution in [0.1, 0.15) is 11.1 Å². The largest absolute Gasteiger partial charge is 0.507 e. The van der Waals surface area contributed by atoms with E-state index in [0.717, 1.165) is 16.7 Å². The maximum absolute atomic E-state index is 12.5. The fourth-order valence-corrected chi connectivity index (χ4v) is 3.13. The minimum Gasteiger partial charge on any atom is -0.507 e. The molecule has 2 heterocycles. The van der Waals surface area contributed by atoms with Crippen molar-refractivity contribution in [1.82, 2.24) is 20.4 Å². The van der Waals surface area contributed by atoms with Gasteiger partial charge in [-0.2, -0.15) is 10.4 Å². The van der Waals surface area contributed by atoms with Gasteiger partial charge in [-0.15, -0.1) is 0 Å². The Morgan fingerprint density at radius 3 is 2.57 bits per heavy atom. The van der Waals surface area contributed by atoms with Crippen LogP contribution in [0.25, 0.3) is 16.9 Å². The molecule has 3 aromatic rings. The van der Waals surface area contributed by atoms with Gasteiger partial charge in [-0.3, -0.25) is 4.79 Å². The van der Waals surface area contributed by atoms with Gasteiger partial charge in [-0.25, -0.2) is 4.68 Å². The molecule has 7 heteroatoms. The summed E-state index contributed by atoms with van der Waals surface area (Å²) in [5.41, 5.74) is 3.86. The number of aromatic nitrogens is 2. The predicted octanol–water partition coefficient (Wildman–Crippen LogP) is 2.95. The zero-order valence-corrected chi connectivity index (χ0v) is 16.0. The van der Waals surface area contributed by atoms with Crippen molar-refractivity contribution in [2.24, 2.45) is 0 Å². The third-order valence-electron chi connectivity index (χ3n) is 4.78. The number of hydrogen-bond acceptors (Lipinski definition) is 5. The number of aliphatic hydroxyl groups excluding tert-OH is 1. The van der Waals surface area contributed by atoms with E-state index >= 15 is 0 Å². The van der Waals surface area contributed by atoms with Crippen LogP contribution in [-0.2, 0) is 11.3 Å². The number of benzene rings is 2. The van der Waals surface area contributed by atoms with E-state index in [4.69, 9.17) is 5.26 Å². The van der Waals surface area contributed by atoms with Crippen LogP contribution in [0, 0.1) is 11.3 Å². The van der Waals surface area contributed by atoms with Gasteiger partial charge >= 0.3 is 0 Å². The molecule has 0 spiro atoms. The molecule has 0 atom stereocenters. The summed E-state index contributed by atoms with van der Waals surface area (Å²) >= 11 is 0. The lowest BCUT2D eigenvalue weighted by atomic mass is 10.0. The number of dihydropyridines is 1. The van der Waals surface area contributed by atoms with Crippen molar-refractivity contribution in [2.45, 2.75) is 6.54 Å². The minimum absolute atomic E-state index is 0.130. The lowest BCUT2D eigenvalue weighted by Crippen LogP contribution is -2.33. The molecule has 0 fully saturated rings. The first-order chi connectivity index (χ1) is 14.6. The van der Waals surface area contributed by atoms with Gasteiger partial charge in [0.2, 0.25) is 0 Å². The van der Waals surface area contributed by atoms with Crippen LogP contribution in [0.4, 0.5) is 0 Å². The summed E-state index contributed by atoms with van der Waals surface area (Å²) < 4.78 is 1.44. The fraction of sp³-hybridized carbons (Fsp3) is 0.0870. The number of hydrogen-bond donors (Lipinski definition) is 3. The van der Waals surface area contributed by atoms with Crippen molar-refractivity contribution >= 4 is 11.7 Å². The molecule has 0 saturated heterocycles. The summed E-state index contributed by atoms with van der Waals surface area (Å²) in [6.07, 6.45) is 4.38. The first kappa shape index (κ1) is 19.0. The molecule has 0 bridgehead atoms. The van der Waals surface area contributed by atoms with Crippen LogP contribution in [0.5, 0.6) is 0 Å². The van der Waals surface area contributed by atoms with Crippen molar-refractivity contribution in [3.8, 4) is 17.2 Å². The molecule has 1 aliphatic rings. The third-order valence-corrected chi connectivity index (χ3v) is 4.78. The summed E-state index contributed by atoms with van der Waals surface area (Å²) in [6.45, 7) is 0.504. The van der Waals surface area contributed by atoms with Gasteiger partial charge in [0, 0.05) is 12.6 Å². The Hall–Kier alpha value is -4.31. The van der Waals surface area contributed by atoms with E-state index < -0.39 is 0 Å². The number of allylic oxidation sites excluding steroid dienone is 1. The van der Waals surface area contributed by atoms with E-state index in [1.165, 1.54) is 23.2 Å². The molecule has 1 aromatic heterocycles. The van der Waals surface area contributed by atoms with Gasteiger partial charge in [0.1, 0.15) is 17.6 Å². The molecule has 148 valence electrons. The SMILES string of the molecule is N#Cc1cnn(C2=CC(O)=C(C(=O)NCc3ccc(-c4ccccc4)cc3)CN2)c1. The number of amides is 1. The number of nitrogens with one attached hydrogen (secondary N) is 2. The molecule has 1 aliphatic heterocycles. The van der Waals surface area contributed by atoms with Crippen molar-refractivity contribution in [1.29, 1.82) is 5.26 Å². The molecule has 4 rings (SSSR count). The van der Waals surface area contributed by atoms with E-state index in [0.29, 0.717) is 17.9 Å². The van der Waals surface area contributed by atoms with Gasteiger partial charge in [-0.1, -0.05) is 54.6 Å². The first-order valence-corrected chi connectivity index (χ1v) is 9.39. The second-order valence-electron chi connectivity index (χ2n) is 6.78. The Bertz CT molecular complexity index is 1170. The maximum Gasteiger partial charge on any atom is 0.253 e. The van der Waals surface area contributed by atoms with E-state index in [9.17, 15) is 9.90 Å². The molecule has 0 saturated carbocycles. The lowest BCUT2D eigenvalue weighted by Gasteiger charge is -2.19. The van der Waals surface area contributed by atoms with Gasteiger partial charge in [0.25, 0.3) is 5.91 Å². The first-order valence-electron chi connectivity index (χ1n) is 9.39. The molecule has 0 aliphatic carbocycles. The van der Waals surface area contributed by atoms with Crippen molar-refractivity contribution < 1.29 is 9.90 Å². The van der Waals surface area contributed by atoms with E-state index in [-0.39, 0.29) is 23.8 Å². The summed E-state index contributed by atoms with van der Waals surface area (Å²) in [4.78, 5) is 12.5. The number of nitrogens with zero attached hydrogens (tertiary/aromatic N) is 3. The predicted molar refractivity (Wildman–Crippen MR) is 113 cm³/mol. The fourth-order valence-electron chi connectivity index (χ4n) is 3.13. The Balaban J connectivity index is 1.40. The van der Waals surface area contributed by atoms with E-state index in [1.807, 2.05) is 60.7 Å². The second kappa shape index (κ2) is 8.37. The van der Waals surface area contributed by atoms with Crippen molar-refractivity contribution in [3.05, 3.63) is 95.5 Å². The lowest BCUT2D eigenvalue weighted by molar-refractivity contribution is -0.117. The average molecular weight is 397 g/mol. The topological polar surface area (TPSA) is 103 Å². The van der Waals surface area contributed by atoms with E-state index in [1.54, 1.807) is 0 Å². The molecule has 3 N–H and O–H groups in total. The van der Waals surface area contributed by atoms with Gasteiger partial charge in [0.05, 0.1) is 30.1 Å². The van der Waals surface area contributed by atoms with Gasteiger partial charge in [0.15, 0.2) is 0 Å². The normalized spacial score (nSPS) is 13.2. The molecule has 0 radical (unpaired) electrons. The zero-order valence-electron chi connectivity index (χ0n) is 16.0. The number of aliphatic hydroxyl groups is 1. The second-order valence-corrected chi connectivity index (χ2v) is 6.78. The molecule has 2 aromatic carbocycles. The number of rotatable bonds is 5. The molecule has 30 heavy (non-hydrogen) atoms. The minimum atomic E-state index is -0.347. The molecule has 1 amide bonds. The monoisotopic (exact) mass is 397 g/mol. The van der Waals surface area contributed by atoms with Crippen LogP contribution >= 0.6 is 0 Å². The van der Waals surface area contributed by atoms with Crippen LogP contribution in [0.2, 0.25) is 0 Å². The Morgan fingerprint density at radius 2 is 1.90 bits per heavy atom. The van der Waals surface area contributed by atoms with Crippen LogP contribution in [0.15, 0.2) is 84.4 Å². The highest BCUT2D eigenvalue weighted by molar-refractivity contribution is 5.95. The van der Waals surface area contributed by atoms with Crippen LogP contribution < -0.4 is 10.6 Å². The highest BCUT2D eigenvalue weighted by atomic mass is 16.3. The van der Waals surface area contributed by atoms with Crippen LogP contribution in [0.3, 0.4) is 0 Å². The van der Waals surface area contributed by atoms with Gasteiger partial charge < -0.3 is 15.7 Å². The molecule has 7 nitrogen and oxygen atoms in total. The number of nitriles is 1. The third kappa shape index (κ3) is 4.08.